The van der Waals surface area contributed by atoms with Crippen molar-refractivity contribution in [3.8, 4) is 0 Å². The highest BCUT2D eigenvalue weighted by atomic mass is 35.5. The van der Waals surface area contributed by atoms with Crippen molar-refractivity contribution in [3.63, 3.8) is 0 Å². The van der Waals surface area contributed by atoms with Crippen molar-refractivity contribution in [1.82, 2.24) is 0 Å². The number of nitrogens with zero attached hydrogens (tertiary/aromatic N) is 1. The smallest absolute Gasteiger partial charge is 0.245 e. The Bertz CT molecular complexity index is 576. The molecular weight excluding hydrogens is 294 g/mol. The number of carbonyl (C=O) groups excluding carboxylic acids is 1. The van der Waals surface area contributed by atoms with E-state index < -0.39 is 6.04 Å². The third-order valence-electron chi connectivity index (χ3n) is 3.76. The van der Waals surface area contributed by atoms with Crippen LogP contribution in [0.3, 0.4) is 0 Å². The monoisotopic (exact) mass is 311 g/mol. The average molecular weight is 312 g/mol. The van der Waals surface area contributed by atoms with Crippen molar-refractivity contribution in [3.05, 3.63) is 22.7 Å². The molecule has 0 radical (unpaired) electrons. The molecule has 0 spiro atoms. The highest BCUT2D eigenvalue weighted by Gasteiger charge is 2.32. The summed E-state index contributed by atoms with van der Waals surface area (Å²) in [4.78, 5) is 13.9. The Labute approximate surface area is 128 Å². The first-order valence-electron chi connectivity index (χ1n) is 6.66. The fourth-order valence-electron chi connectivity index (χ4n) is 2.76. The van der Waals surface area contributed by atoms with Gasteiger partial charge in [-0.15, -0.1) is 0 Å². The molecule has 2 aliphatic heterocycles. The van der Waals surface area contributed by atoms with Crippen molar-refractivity contribution in [1.29, 1.82) is 0 Å². The molecule has 0 aliphatic carbocycles. The highest BCUT2D eigenvalue weighted by molar-refractivity contribution is 8.00. The number of carbonyl (C=O) groups is 1. The molecule has 2 heterocycles. The summed E-state index contributed by atoms with van der Waals surface area (Å²) in [5.74, 6) is 0.912. The topological polar surface area (TPSA) is 58.4 Å². The second-order valence-corrected chi connectivity index (χ2v) is 8.10. The molecule has 0 bridgehead atoms. The van der Waals surface area contributed by atoms with Gasteiger partial charge in [0.05, 0.1) is 10.7 Å². The van der Waals surface area contributed by atoms with Crippen molar-refractivity contribution in [2.24, 2.45) is 5.73 Å². The van der Waals surface area contributed by atoms with Crippen LogP contribution in [0, 0.1) is 0 Å². The molecule has 20 heavy (non-hydrogen) atoms. The van der Waals surface area contributed by atoms with E-state index in [1.54, 1.807) is 0 Å². The predicted molar refractivity (Wildman–Crippen MR) is 85.8 cm³/mol. The van der Waals surface area contributed by atoms with Crippen LogP contribution in [-0.2, 0) is 4.79 Å². The second-order valence-electron chi connectivity index (χ2n) is 5.89. The molecule has 2 aliphatic rings. The number of fused-ring (bicyclic) bond motifs is 1. The molecule has 0 aromatic heterocycles. The average Bonchev–Trinajstić information content (AvgIpc) is 2.63. The lowest BCUT2D eigenvalue weighted by atomic mass is 10.1. The Morgan fingerprint density at radius 2 is 2.25 bits per heavy atom. The quantitative estimate of drug-likeness (QED) is 0.837. The molecule has 0 saturated carbocycles. The third-order valence-corrected chi connectivity index (χ3v) is 5.36. The largest absolute Gasteiger partial charge is 0.368 e. The summed E-state index contributed by atoms with van der Waals surface area (Å²) in [6.45, 7) is 6.38. The molecule has 1 saturated heterocycles. The standard InChI is InChI=1S/C14H18ClN3OS/c1-14(2)7-18(3-4-20-14)11-6-10-8(5-9(11)15)12(16)13(19)17-10/h5-6,12H,3-4,7,16H2,1-2H3,(H,17,19). The first kappa shape index (κ1) is 14.0. The first-order valence-corrected chi connectivity index (χ1v) is 8.02. The van der Waals surface area contributed by atoms with E-state index in [1.807, 2.05) is 23.9 Å². The summed E-state index contributed by atoms with van der Waals surface area (Å²) in [5.41, 5.74) is 8.40. The summed E-state index contributed by atoms with van der Waals surface area (Å²) in [7, 11) is 0. The van der Waals surface area contributed by atoms with E-state index in [4.69, 9.17) is 17.3 Å². The minimum atomic E-state index is -0.607. The minimum Gasteiger partial charge on any atom is -0.368 e. The lowest BCUT2D eigenvalue weighted by Crippen LogP contribution is -2.43. The van der Waals surface area contributed by atoms with Gasteiger partial charge in [-0.05, 0) is 26.0 Å². The van der Waals surface area contributed by atoms with Gasteiger partial charge < -0.3 is 16.0 Å². The fraction of sp³-hybridized carbons (Fsp3) is 0.500. The van der Waals surface area contributed by atoms with Gasteiger partial charge in [0.25, 0.3) is 0 Å². The Balaban J connectivity index is 1.96. The van der Waals surface area contributed by atoms with E-state index in [1.165, 1.54) is 0 Å². The van der Waals surface area contributed by atoms with Crippen LogP contribution in [0.25, 0.3) is 0 Å². The predicted octanol–water partition coefficient (Wildman–Crippen LogP) is 2.62. The van der Waals surface area contributed by atoms with E-state index in [0.717, 1.165) is 35.8 Å². The van der Waals surface area contributed by atoms with Crippen molar-refractivity contribution in [2.45, 2.75) is 24.6 Å². The zero-order valence-corrected chi connectivity index (χ0v) is 13.1. The van der Waals surface area contributed by atoms with Gasteiger partial charge in [-0.1, -0.05) is 11.6 Å². The molecule has 108 valence electrons. The lowest BCUT2D eigenvalue weighted by molar-refractivity contribution is -0.116. The molecule has 6 heteroatoms. The van der Waals surface area contributed by atoms with Crippen LogP contribution in [0.2, 0.25) is 5.02 Å². The minimum absolute atomic E-state index is 0.164. The number of nitrogens with two attached hydrogens (primary N) is 1. The molecule has 1 fully saturated rings. The highest BCUT2D eigenvalue weighted by Crippen LogP contribution is 2.40. The molecule has 1 aromatic rings. The number of amides is 1. The Kier molecular flexibility index (Phi) is 3.39. The Morgan fingerprint density at radius 3 is 2.95 bits per heavy atom. The van der Waals surface area contributed by atoms with Crippen LogP contribution >= 0.6 is 23.4 Å². The third kappa shape index (κ3) is 2.38. The summed E-state index contributed by atoms with van der Waals surface area (Å²) in [5, 5.41) is 3.49. The summed E-state index contributed by atoms with van der Waals surface area (Å²) in [6, 6.07) is 3.17. The molecule has 4 nitrogen and oxygen atoms in total. The van der Waals surface area contributed by atoms with Gasteiger partial charge in [-0.2, -0.15) is 11.8 Å². The zero-order chi connectivity index (χ0) is 14.5. The summed E-state index contributed by atoms with van der Waals surface area (Å²) < 4.78 is 0.209. The number of nitrogens with one attached hydrogen (secondary N) is 1. The van der Waals surface area contributed by atoms with Crippen LogP contribution in [0.15, 0.2) is 12.1 Å². The summed E-state index contributed by atoms with van der Waals surface area (Å²) in [6.07, 6.45) is 0. The van der Waals surface area contributed by atoms with Crippen molar-refractivity contribution in [2.75, 3.05) is 29.1 Å². The maximum absolute atomic E-state index is 11.6. The molecule has 1 unspecified atom stereocenters. The van der Waals surface area contributed by atoms with Gasteiger partial charge in [0, 0.05) is 34.8 Å². The Morgan fingerprint density at radius 1 is 1.50 bits per heavy atom. The number of rotatable bonds is 1. The van der Waals surface area contributed by atoms with E-state index >= 15 is 0 Å². The van der Waals surface area contributed by atoms with Crippen LogP contribution in [0.1, 0.15) is 25.5 Å². The molecule has 1 aromatic carbocycles. The fourth-order valence-corrected chi connectivity index (χ4v) is 4.16. The summed E-state index contributed by atoms with van der Waals surface area (Å²) >= 11 is 8.38. The SMILES string of the molecule is CC1(C)CN(c2cc3c(cc2Cl)C(N)C(=O)N3)CCS1. The lowest BCUT2D eigenvalue weighted by Gasteiger charge is -2.39. The number of halogens is 1. The first-order chi connectivity index (χ1) is 9.37. The maximum atomic E-state index is 11.6. The number of anilines is 2. The number of thioether (sulfide) groups is 1. The molecule has 3 rings (SSSR count). The second kappa shape index (κ2) is 4.83. The molecule has 1 atom stereocenters. The maximum Gasteiger partial charge on any atom is 0.245 e. The van der Waals surface area contributed by atoms with Crippen molar-refractivity contribution >= 4 is 40.6 Å². The molecule has 3 N–H and O–H groups in total. The normalized spacial score (nSPS) is 24.5. The van der Waals surface area contributed by atoms with E-state index in [-0.39, 0.29) is 10.7 Å². The molecule has 1 amide bonds. The zero-order valence-electron chi connectivity index (χ0n) is 11.6. The van der Waals surface area contributed by atoms with Crippen LogP contribution in [0.4, 0.5) is 11.4 Å². The number of hydrogen-bond donors (Lipinski definition) is 2. The van der Waals surface area contributed by atoms with Gasteiger partial charge in [0.2, 0.25) is 5.91 Å². The molecular formula is C14H18ClN3OS. The Hall–Kier alpha value is -0.910. The van der Waals surface area contributed by atoms with E-state index in [2.05, 4.69) is 24.1 Å². The number of hydrogen-bond acceptors (Lipinski definition) is 4. The van der Waals surface area contributed by atoms with E-state index in [9.17, 15) is 4.79 Å². The van der Waals surface area contributed by atoms with Gasteiger partial charge in [-0.3, -0.25) is 4.79 Å². The van der Waals surface area contributed by atoms with Gasteiger partial charge in [-0.25, -0.2) is 0 Å². The van der Waals surface area contributed by atoms with Gasteiger partial charge in [0.1, 0.15) is 6.04 Å². The van der Waals surface area contributed by atoms with Gasteiger partial charge in [0.15, 0.2) is 0 Å². The van der Waals surface area contributed by atoms with Crippen LogP contribution in [-0.4, -0.2) is 29.5 Å². The number of benzene rings is 1. The van der Waals surface area contributed by atoms with Crippen LogP contribution < -0.4 is 16.0 Å². The van der Waals surface area contributed by atoms with E-state index in [0.29, 0.717) is 5.02 Å². The van der Waals surface area contributed by atoms with Crippen LogP contribution in [0.5, 0.6) is 0 Å². The van der Waals surface area contributed by atoms with Gasteiger partial charge >= 0.3 is 0 Å². The van der Waals surface area contributed by atoms with Crippen molar-refractivity contribution < 1.29 is 4.79 Å².